The van der Waals surface area contributed by atoms with Crippen LogP contribution in [0, 0.1) is 0 Å². The molecule has 4 rings (SSSR count). The molecule has 0 spiro atoms. The molecule has 0 radical (unpaired) electrons. The summed E-state index contributed by atoms with van der Waals surface area (Å²) in [7, 11) is 0. The fourth-order valence-corrected chi connectivity index (χ4v) is 3.43. The molecule has 0 aliphatic heterocycles. The quantitative estimate of drug-likeness (QED) is 0.500. The van der Waals surface area contributed by atoms with Gasteiger partial charge in [0.15, 0.2) is 11.3 Å². The molecule has 3 aromatic heterocycles. The van der Waals surface area contributed by atoms with Crippen LogP contribution in [0.5, 0.6) is 0 Å². The Bertz CT molecular complexity index is 1240. The lowest BCUT2D eigenvalue weighted by atomic mass is 10.2. The highest BCUT2D eigenvalue weighted by Crippen LogP contribution is 2.31. The summed E-state index contributed by atoms with van der Waals surface area (Å²) in [5, 5.41) is 18.7. The van der Waals surface area contributed by atoms with Crippen LogP contribution < -0.4 is 5.32 Å². The van der Waals surface area contributed by atoms with Gasteiger partial charge < -0.3 is 10.4 Å². The first kappa shape index (κ1) is 18.4. The van der Waals surface area contributed by atoms with Crippen molar-refractivity contribution in [2.75, 3.05) is 5.32 Å². The van der Waals surface area contributed by atoms with Crippen LogP contribution in [0.3, 0.4) is 0 Å². The first-order chi connectivity index (χ1) is 13.4. The van der Waals surface area contributed by atoms with Crippen LogP contribution in [-0.4, -0.2) is 36.6 Å². The summed E-state index contributed by atoms with van der Waals surface area (Å²) in [6, 6.07) is 6.47. The molecular formula is C17H9Cl2N5O3S. The predicted octanol–water partition coefficient (Wildman–Crippen LogP) is 4.11. The number of benzene rings is 1. The highest BCUT2D eigenvalue weighted by atomic mass is 35.5. The number of carboxylic acids is 1. The van der Waals surface area contributed by atoms with Crippen LogP contribution in [0.2, 0.25) is 10.0 Å². The van der Waals surface area contributed by atoms with Gasteiger partial charge in [0.1, 0.15) is 10.8 Å². The molecule has 0 aliphatic carbocycles. The SMILES string of the molecule is O=C(Nc1csc(-c2ccc(Cl)c(Cl)c2)n1)c1cnc2cc(C(=O)O)nn2c1. The molecular weight excluding hydrogens is 425 g/mol. The molecule has 0 atom stereocenters. The van der Waals surface area contributed by atoms with E-state index >= 15 is 0 Å². The number of thiazole rings is 1. The van der Waals surface area contributed by atoms with E-state index < -0.39 is 11.9 Å². The zero-order valence-electron chi connectivity index (χ0n) is 13.8. The van der Waals surface area contributed by atoms with Gasteiger partial charge in [-0.3, -0.25) is 4.79 Å². The van der Waals surface area contributed by atoms with E-state index in [4.69, 9.17) is 28.3 Å². The van der Waals surface area contributed by atoms with E-state index in [1.165, 1.54) is 34.3 Å². The summed E-state index contributed by atoms with van der Waals surface area (Å²) in [5.74, 6) is -1.26. The number of halogens is 2. The molecule has 28 heavy (non-hydrogen) atoms. The van der Waals surface area contributed by atoms with Crippen molar-refractivity contribution in [1.29, 1.82) is 0 Å². The summed E-state index contributed by atoms with van der Waals surface area (Å²) in [6.07, 6.45) is 2.74. The number of anilines is 1. The summed E-state index contributed by atoms with van der Waals surface area (Å²) >= 11 is 13.3. The number of carboxylic acid groups (broad SMARTS) is 1. The number of nitrogens with zero attached hydrogens (tertiary/aromatic N) is 4. The van der Waals surface area contributed by atoms with Crippen molar-refractivity contribution in [3.8, 4) is 10.6 Å². The van der Waals surface area contributed by atoms with Gasteiger partial charge in [-0.2, -0.15) is 5.10 Å². The molecule has 1 aromatic carbocycles. The maximum atomic E-state index is 12.5. The van der Waals surface area contributed by atoms with E-state index in [1.54, 1.807) is 23.6 Å². The molecule has 0 aliphatic rings. The van der Waals surface area contributed by atoms with Crippen molar-refractivity contribution in [2.45, 2.75) is 0 Å². The van der Waals surface area contributed by atoms with Crippen LogP contribution >= 0.6 is 34.5 Å². The van der Waals surface area contributed by atoms with Gasteiger partial charge in [0.05, 0.1) is 15.6 Å². The molecule has 0 bridgehead atoms. The average Bonchev–Trinajstić information content (AvgIpc) is 3.30. The Balaban J connectivity index is 1.55. The third-order valence-corrected chi connectivity index (χ3v) is 5.34. The fourth-order valence-electron chi connectivity index (χ4n) is 2.38. The number of amides is 1. The topological polar surface area (TPSA) is 109 Å². The minimum Gasteiger partial charge on any atom is -0.476 e. The summed E-state index contributed by atoms with van der Waals surface area (Å²) in [4.78, 5) is 31.9. The molecule has 140 valence electrons. The maximum absolute atomic E-state index is 12.5. The minimum absolute atomic E-state index is 0.157. The average molecular weight is 434 g/mol. The van der Waals surface area contributed by atoms with Gasteiger partial charge in [-0.15, -0.1) is 11.3 Å². The molecule has 0 unspecified atom stereocenters. The van der Waals surface area contributed by atoms with Gasteiger partial charge >= 0.3 is 5.97 Å². The number of carbonyl (C=O) groups is 2. The number of aromatic carboxylic acids is 1. The predicted molar refractivity (Wildman–Crippen MR) is 105 cm³/mol. The number of hydrogen-bond acceptors (Lipinski definition) is 6. The number of hydrogen-bond donors (Lipinski definition) is 2. The van der Waals surface area contributed by atoms with Gasteiger partial charge in [-0.25, -0.2) is 19.3 Å². The summed E-state index contributed by atoms with van der Waals surface area (Å²) < 4.78 is 1.24. The van der Waals surface area contributed by atoms with Gasteiger partial charge in [0.2, 0.25) is 0 Å². The van der Waals surface area contributed by atoms with Gasteiger partial charge in [0.25, 0.3) is 5.91 Å². The normalized spacial score (nSPS) is 10.9. The largest absolute Gasteiger partial charge is 0.476 e. The zero-order chi connectivity index (χ0) is 19.8. The molecule has 11 heteroatoms. The highest BCUT2D eigenvalue weighted by molar-refractivity contribution is 7.13. The van der Waals surface area contributed by atoms with Crippen LogP contribution in [0.1, 0.15) is 20.8 Å². The number of nitrogens with one attached hydrogen (secondary N) is 1. The second kappa shape index (κ2) is 7.19. The Morgan fingerprint density at radius 1 is 1.18 bits per heavy atom. The molecule has 0 saturated heterocycles. The first-order valence-electron chi connectivity index (χ1n) is 7.72. The number of rotatable bonds is 4. The van der Waals surface area contributed by atoms with E-state index in [2.05, 4.69) is 20.4 Å². The summed E-state index contributed by atoms with van der Waals surface area (Å²) in [6.45, 7) is 0. The van der Waals surface area contributed by atoms with Crippen LogP contribution in [0.25, 0.3) is 16.2 Å². The maximum Gasteiger partial charge on any atom is 0.356 e. The fraction of sp³-hybridized carbons (Fsp3) is 0. The molecule has 4 aromatic rings. The standard InChI is InChI=1S/C17H9Cl2N5O3S/c18-10-2-1-8(3-11(10)19)16-22-13(7-28-16)21-15(25)9-5-20-14-4-12(17(26)27)23-24(14)6-9/h1-7H,(H,21,25)(H,26,27). The molecule has 2 N–H and O–H groups in total. The van der Waals surface area contributed by atoms with E-state index in [9.17, 15) is 9.59 Å². The van der Waals surface area contributed by atoms with Crippen LogP contribution in [0.4, 0.5) is 5.82 Å². The summed E-state index contributed by atoms with van der Waals surface area (Å²) in [5.41, 5.74) is 1.15. The van der Waals surface area contributed by atoms with E-state index in [0.717, 1.165) is 5.56 Å². The van der Waals surface area contributed by atoms with Gasteiger partial charge in [0, 0.05) is 29.4 Å². The second-order valence-electron chi connectivity index (χ2n) is 5.60. The highest BCUT2D eigenvalue weighted by Gasteiger charge is 2.14. The lowest BCUT2D eigenvalue weighted by Gasteiger charge is -2.02. The van der Waals surface area contributed by atoms with Crippen molar-refractivity contribution >= 4 is 57.9 Å². The van der Waals surface area contributed by atoms with Crippen LogP contribution in [-0.2, 0) is 0 Å². The van der Waals surface area contributed by atoms with E-state index in [1.807, 2.05) is 0 Å². The van der Waals surface area contributed by atoms with Crippen LogP contribution in [0.15, 0.2) is 42.0 Å². The lowest BCUT2D eigenvalue weighted by Crippen LogP contribution is -2.13. The molecule has 1 amide bonds. The van der Waals surface area contributed by atoms with Gasteiger partial charge in [-0.1, -0.05) is 29.3 Å². The first-order valence-corrected chi connectivity index (χ1v) is 9.35. The molecule has 0 fully saturated rings. The third-order valence-electron chi connectivity index (χ3n) is 3.71. The minimum atomic E-state index is -1.17. The van der Waals surface area contributed by atoms with Crippen molar-refractivity contribution in [1.82, 2.24) is 19.6 Å². The van der Waals surface area contributed by atoms with Crippen molar-refractivity contribution in [2.24, 2.45) is 0 Å². The number of fused-ring (bicyclic) bond motifs is 1. The second-order valence-corrected chi connectivity index (χ2v) is 7.27. The number of carbonyl (C=O) groups excluding carboxylic acids is 1. The Labute approximate surface area is 171 Å². The Hall–Kier alpha value is -3.01. The molecule has 3 heterocycles. The Morgan fingerprint density at radius 3 is 2.75 bits per heavy atom. The Morgan fingerprint density at radius 2 is 2.00 bits per heavy atom. The molecule has 0 saturated carbocycles. The van der Waals surface area contributed by atoms with E-state index in [-0.39, 0.29) is 11.3 Å². The monoisotopic (exact) mass is 433 g/mol. The lowest BCUT2D eigenvalue weighted by molar-refractivity contribution is 0.0690. The van der Waals surface area contributed by atoms with E-state index in [0.29, 0.717) is 26.5 Å². The van der Waals surface area contributed by atoms with Crippen molar-refractivity contribution in [3.63, 3.8) is 0 Å². The number of aromatic nitrogens is 4. The smallest absolute Gasteiger partial charge is 0.356 e. The van der Waals surface area contributed by atoms with Crippen molar-refractivity contribution < 1.29 is 14.7 Å². The third kappa shape index (κ3) is 3.55. The Kier molecular flexibility index (Phi) is 4.71. The van der Waals surface area contributed by atoms with Gasteiger partial charge in [-0.05, 0) is 12.1 Å². The molecule has 8 nitrogen and oxygen atoms in total. The van der Waals surface area contributed by atoms with Crippen molar-refractivity contribution in [3.05, 3.63) is 63.3 Å². The zero-order valence-corrected chi connectivity index (χ0v) is 16.1.